The van der Waals surface area contributed by atoms with E-state index in [4.69, 9.17) is 0 Å². The third kappa shape index (κ3) is 2.25. The fraction of sp³-hybridized carbons (Fsp3) is 0.211. The molecule has 0 aliphatic rings. The van der Waals surface area contributed by atoms with E-state index >= 15 is 0 Å². The van der Waals surface area contributed by atoms with Gasteiger partial charge >= 0.3 is 0 Å². The summed E-state index contributed by atoms with van der Waals surface area (Å²) < 4.78 is 1.86. The number of hydrogen-bond acceptors (Lipinski definition) is 4. The van der Waals surface area contributed by atoms with Gasteiger partial charge in [-0.1, -0.05) is 43.3 Å². The summed E-state index contributed by atoms with van der Waals surface area (Å²) in [5.74, 6) is 0. The average molecular weight is 318 g/mol. The van der Waals surface area contributed by atoms with Crippen molar-refractivity contribution in [2.45, 2.75) is 19.9 Å². The lowest BCUT2D eigenvalue weighted by Crippen LogP contribution is -2.02. The second-order valence-electron chi connectivity index (χ2n) is 5.73. The van der Waals surface area contributed by atoms with Crippen LogP contribution in [0.25, 0.3) is 33.2 Å². The monoisotopic (exact) mass is 318 g/mol. The average Bonchev–Trinajstić information content (AvgIpc) is 3.04. The normalized spacial score (nSPS) is 11.4. The Kier molecular flexibility index (Phi) is 3.70. The molecule has 5 heteroatoms. The lowest BCUT2D eigenvalue weighted by molar-refractivity contribution is 0.277. The summed E-state index contributed by atoms with van der Waals surface area (Å²) >= 11 is 0. The van der Waals surface area contributed by atoms with Crippen LogP contribution in [-0.2, 0) is 13.0 Å². The van der Waals surface area contributed by atoms with E-state index in [0.717, 1.165) is 28.8 Å². The highest BCUT2D eigenvalue weighted by Crippen LogP contribution is 2.34. The predicted molar refractivity (Wildman–Crippen MR) is 94.7 cm³/mol. The van der Waals surface area contributed by atoms with Gasteiger partial charge in [-0.05, 0) is 22.8 Å². The van der Waals surface area contributed by atoms with E-state index in [1.807, 2.05) is 16.7 Å². The zero-order valence-corrected chi connectivity index (χ0v) is 13.5. The van der Waals surface area contributed by atoms with Gasteiger partial charge in [0, 0.05) is 12.1 Å². The van der Waals surface area contributed by atoms with Crippen molar-refractivity contribution in [2.75, 3.05) is 6.61 Å². The molecule has 1 N–H and O–H groups in total. The molecule has 0 spiro atoms. The van der Waals surface area contributed by atoms with E-state index in [0.29, 0.717) is 6.54 Å². The van der Waals surface area contributed by atoms with Crippen LogP contribution in [0.15, 0.2) is 49.1 Å². The molecule has 4 aromatic rings. The first-order valence-electron chi connectivity index (χ1n) is 8.11. The first-order valence-corrected chi connectivity index (χ1v) is 8.11. The van der Waals surface area contributed by atoms with Crippen molar-refractivity contribution in [3.8, 4) is 11.3 Å². The summed E-state index contributed by atoms with van der Waals surface area (Å²) in [6.45, 7) is 2.68. The maximum Gasteiger partial charge on any atom is 0.163 e. The number of nitrogens with zero attached hydrogens (tertiary/aromatic N) is 4. The van der Waals surface area contributed by atoms with Crippen molar-refractivity contribution in [2.24, 2.45) is 0 Å². The summed E-state index contributed by atoms with van der Waals surface area (Å²) in [6.07, 6.45) is 4.22. The summed E-state index contributed by atoms with van der Waals surface area (Å²) in [5, 5.41) is 11.6. The fourth-order valence-electron chi connectivity index (χ4n) is 3.23. The molecule has 0 fully saturated rings. The van der Waals surface area contributed by atoms with Gasteiger partial charge in [0.1, 0.15) is 17.5 Å². The molecule has 2 aromatic heterocycles. The molecular weight excluding hydrogens is 300 g/mol. The summed E-state index contributed by atoms with van der Waals surface area (Å²) in [6, 6.07) is 12.7. The Morgan fingerprint density at radius 3 is 2.75 bits per heavy atom. The maximum atomic E-state index is 9.22. The molecule has 5 nitrogen and oxygen atoms in total. The van der Waals surface area contributed by atoms with Crippen molar-refractivity contribution in [3.05, 3.63) is 54.6 Å². The predicted octanol–water partition coefficient (Wildman–Crippen LogP) is 3.20. The number of benzene rings is 2. The van der Waals surface area contributed by atoms with E-state index in [2.05, 4.69) is 46.1 Å². The summed E-state index contributed by atoms with van der Waals surface area (Å²) in [4.78, 5) is 13.4. The molecule has 0 aliphatic heterocycles. The summed E-state index contributed by atoms with van der Waals surface area (Å²) in [7, 11) is 0. The number of fused-ring (bicyclic) bond motifs is 2. The minimum atomic E-state index is 0.0548. The van der Waals surface area contributed by atoms with Crippen LogP contribution in [0.5, 0.6) is 0 Å². The molecule has 0 atom stereocenters. The Bertz CT molecular complexity index is 1020. The van der Waals surface area contributed by atoms with Gasteiger partial charge in [-0.3, -0.25) is 0 Å². The van der Waals surface area contributed by atoms with Gasteiger partial charge in [-0.15, -0.1) is 0 Å². The third-order valence-corrected chi connectivity index (χ3v) is 4.38. The van der Waals surface area contributed by atoms with Crippen molar-refractivity contribution >= 4 is 21.9 Å². The third-order valence-electron chi connectivity index (χ3n) is 4.38. The Morgan fingerprint density at radius 1 is 1.04 bits per heavy atom. The largest absolute Gasteiger partial charge is 0.395 e. The van der Waals surface area contributed by atoms with Gasteiger partial charge in [-0.25, -0.2) is 15.0 Å². The Labute approximate surface area is 139 Å². The molecule has 24 heavy (non-hydrogen) atoms. The molecule has 2 aromatic carbocycles. The number of aromatic nitrogens is 4. The van der Waals surface area contributed by atoms with Gasteiger partial charge in [0.05, 0.1) is 12.9 Å². The lowest BCUT2D eigenvalue weighted by atomic mass is 9.94. The molecule has 0 unspecified atom stereocenters. The quantitative estimate of drug-likeness (QED) is 0.627. The van der Waals surface area contributed by atoms with E-state index < -0.39 is 0 Å². The van der Waals surface area contributed by atoms with E-state index in [1.54, 1.807) is 12.7 Å². The van der Waals surface area contributed by atoms with Gasteiger partial charge in [0.2, 0.25) is 0 Å². The number of aryl methyl sites for hydroxylation is 1. The zero-order chi connectivity index (χ0) is 16.5. The Balaban J connectivity index is 2.06. The molecule has 0 bridgehead atoms. The van der Waals surface area contributed by atoms with Crippen LogP contribution < -0.4 is 0 Å². The van der Waals surface area contributed by atoms with E-state index in [1.165, 1.54) is 16.3 Å². The topological polar surface area (TPSA) is 63.8 Å². The van der Waals surface area contributed by atoms with Crippen LogP contribution in [0.4, 0.5) is 0 Å². The van der Waals surface area contributed by atoms with E-state index in [9.17, 15) is 5.11 Å². The molecule has 0 aliphatic carbocycles. The van der Waals surface area contributed by atoms with Crippen LogP contribution in [0.3, 0.4) is 0 Å². The van der Waals surface area contributed by atoms with Crippen molar-refractivity contribution in [1.82, 2.24) is 19.5 Å². The second kappa shape index (κ2) is 6.02. The molecule has 2 heterocycles. The highest BCUT2D eigenvalue weighted by Gasteiger charge is 2.16. The number of rotatable bonds is 4. The van der Waals surface area contributed by atoms with Gasteiger partial charge in [-0.2, -0.15) is 0 Å². The molecule has 4 rings (SSSR count). The number of aliphatic hydroxyl groups excluding tert-OH is 1. The van der Waals surface area contributed by atoms with Crippen LogP contribution in [0.2, 0.25) is 0 Å². The SMILES string of the molecule is CCc1ccc2ccccc2c1-c1ncnc2c1ncn2CCO. The Hall–Kier alpha value is -2.79. The van der Waals surface area contributed by atoms with Crippen LogP contribution in [0.1, 0.15) is 12.5 Å². The van der Waals surface area contributed by atoms with E-state index in [-0.39, 0.29) is 6.61 Å². The van der Waals surface area contributed by atoms with Crippen LogP contribution in [0, 0.1) is 0 Å². The molecule has 120 valence electrons. The van der Waals surface area contributed by atoms with Gasteiger partial charge < -0.3 is 9.67 Å². The van der Waals surface area contributed by atoms with Crippen LogP contribution >= 0.6 is 0 Å². The molecular formula is C19H18N4O. The van der Waals surface area contributed by atoms with Crippen molar-refractivity contribution < 1.29 is 5.11 Å². The number of aliphatic hydroxyl groups is 1. The fourth-order valence-corrected chi connectivity index (χ4v) is 3.23. The first kappa shape index (κ1) is 14.8. The molecule has 0 amide bonds. The molecule has 0 saturated heterocycles. The highest BCUT2D eigenvalue weighted by molar-refractivity contribution is 6.02. The first-order chi connectivity index (χ1) is 11.8. The van der Waals surface area contributed by atoms with Crippen LogP contribution in [-0.4, -0.2) is 31.2 Å². The maximum absolute atomic E-state index is 9.22. The van der Waals surface area contributed by atoms with Crippen molar-refractivity contribution in [1.29, 1.82) is 0 Å². The Morgan fingerprint density at radius 2 is 1.92 bits per heavy atom. The number of hydrogen-bond donors (Lipinski definition) is 1. The van der Waals surface area contributed by atoms with Gasteiger partial charge in [0.25, 0.3) is 0 Å². The summed E-state index contributed by atoms with van der Waals surface area (Å²) in [5.41, 5.74) is 4.74. The zero-order valence-electron chi connectivity index (χ0n) is 13.5. The standard InChI is InChI=1S/C19H18N4O/c1-2-13-7-8-14-5-3-4-6-15(14)16(13)17-18-19(21-11-20-17)23(9-10-24)12-22-18/h3-8,11-12,24H,2,9-10H2,1H3. The minimum Gasteiger partial charge on any atom is -0.395 e. The highest BCUT2D eigenvalue weighted by atomic mass is 16.3. The second-order valence-corrected chi connectivity index (χ2v) is 5.73. The smallest absolute Gasteiger partial charge is 0.163 e. The lowest BCUT2D eigenvalue weighted by Gasteiger charge is -2.12. The van der Waals surface area contributed by atoms with Gasteiger partial charge in [0.15, 0.2) is 5.65 Å². The van der Waals surface area contributed by atoms with Crippen molar-refractivity contribution in [3.63, 3.8) is 0 Å². The molecule has 0 saturated carbocycles. The minimum absolute atomic E-state index is 0.0548. The number of imidazole rings is 1. The molecule has 0 radical (unpaired) electrons.